The van der Waals surface area contributed by atoms with Crippen molar-refractivity contribution in [3.8, 4) is 0 Å². The Balaban J connectivity index is 2.55. The fraction of sp³-hybridized carbons (Fsp3) is 0.222. The number of pyridine rings is 1. The van der Waals surface area contributed by atoms with Crippen molar-refractivity contribution in [1.82, 2.24) is 4.98 Å². The maximum Gasteiger partial charge on any atom is 0.371 e. The molecule has 0 saturated heterocycles. The second kappa shape index (κ2) is 6.01. The number of carboxylic acid groups (broad SMARTS) is 2. The molecule has 0 bridgehead atoms. The number of aromatic carboxylic acids is 2. The molecule has 0 aliphatic rings. The van der Waals surface area contributed by atoms with Crippen LogP contribution in [0, 0.1) is 6.92 Å². The van der Waals surface area contributed by atoms with Gasteiger partial charge in [0.1, 0.15) is 11.3 Å². The van der Waals surface area contributed by atoms with Gasteiger partial charge in [-0.15, -0.1) is 0 Å². The molecule has 7 heteroatoms. The van der Waals surface area contributed by atoms with Crippen LogP contribution in [-0.2, 0) is 6.42 Å². The van der Waals surface area contributed by atoms with Gasteiger partial charge in [-0.1, -0.05) is 13.3 Å². The molecule has 25 heavy (non-hydrogen) atoms. The predicted octanol–water partition coefficient (Wildman–Crippen LogP) is 3.00. The SMILES string of the molecule is CCCc1c2nc(C(=O)O)cc(C)c2cc2c(=O)cc(C(=O)O)oc12. The lowest BCUT2D eigenvalue weighted by Crippen LogP contribution is -2.09. The average Bonchev–Trinajstić information content (AvgIpc) is 2.55. The van der Waals surface area contributed by atoms with Crippen molar-refractivity contribution in [3.05, 3.63) is 51.0 Å². The minimum atomic E-state index is -1.34. The number of carbonyl (C=O) groups is 2. The number of fused-ring (bicyclic) bond motifs is 2. The van der Waals surface area contributed by atoms with Crippen LogP contribution in [0.2, 0.25) is 0 Å². The van der Waals surface area contributed by atoms with Crippen molar-refractivity contribution in [1.29, 1.82) is 0 Å². The summed E-state index contributed by atoms with van der Waals surface area (Å²) in [6.45, 7) is 3.66. The first-order valence-corrected chi connectivity index (χ1v) is 7.71. The summed E-state index contributed by atoms with van der Waals surface area (Å²) in [5.41, 5.74) is 1.20. The zero-order chi connectivity index (χ0) is 18.3. The highest BCUT2D eigenvalue weighted by Crippen LogP contribution is 2.30. The van der Waals surface area contributed by atoms with E-state index in [0.717, 1.165) is 6.07 Å². The van der Waals surface area contributed by atoms with Gasteiger partial charge in [-0.2, -0.15) is 0 Å². The molecule has 0 atom stereocenters. The zero-order valence-corrected chi connectivity index (χ0v) is 13.6. The topological polar surface area (TPSA) is 118 Å². The lowest BCUT2D eigenvalue weighted by molar-refractivity contribution is 0.0660. The van der Waals surface area contributed by atoms with Gasteiger partial charge in [-0.05, 0) is 31.0 Å². The number of aryl methyl sites for hydroxylation is 2. The first-order valence-electron chi connectivity index (χ1n) is 7.71. The maximum atomic E-state index is 12.4. The lowest BCUT2D eigenvalue weighted by Gasteiger charge is -2.12. The van der Waals surface area contributed by atoms with E-state index in [1.165, 1.54) is 6.07 Å². The fourth-order valence-corrected chi connectivity index (χ4v) is 2.91. The third-order valence-electron chi connectivity index (χ3n) is 4.03. The van der Waals surface area contributed by atoms with Crippen molar-refractivity contribution >= 4 is 33.8 Å². The van der Waals surface area contributed by atoms with E-state index < -0.39 is 23.1 Å². The summed E-state index contributed by atoms with van der Waals surface area (Å²) in [6.07, 6.45) is 1.16. The largest absolute Gasteiger partial charge is 0.477 e. The Hall–Kier alpha value is -3.22. The highest BCUT2D eigenvalue weighted by atomic mass is 16.4. The minimum Gasteiger partial charge on any atom is -0.477 e. The first kappa shape index (κ1) is 16.6. The molecule has 2 heterocycles. The minimum absolute atomic E-state index is 0.113. The van der Waals surface area contributed by atoms with E-state index >= 15 is 0 Å². The van der Waals surface area contributed by atoms with Gasteiger partial charge in [0.2, 0.25) is 5.76 Å². The molecule has 128 valence electrons. The van der Waals surface area contributed by atoms with E-state index in [-0.39, 0.29) is 16.7 Å². The third-order valence-corrected chi connectivity index (χ3v) is 4.03. The molecule has 0 saturated carbocycles. The smallest absolute Gasteiger partial charge is 0.371 e. The normalized spacial score (nSPS) is 11.1. The van der Waals surface area contributed by atoms with Gasteiger partial charge >= 0.3 is 11.9 Å². The highest BCUT2D eigenvalue weighted by Gasteiger charge is 2.19. The number of aromatic nitrogens is 1. The quantitative estimate of drug-likeness (QED) is 0.700. The summed E-state index contributed by atoms with van der Waals surface area (Å²) in [4.78, 5) is 39.1. The number of hydrogen-bond donors (Lipinski definition) is 2. The van der Waals surface area contributed by atoms with Crippen LogP contribution < -0.4 is 5.43 Å². The summed E-state index contributed by atoms with van der Waals surface area (Å²) >= 11 is 0. The van der Waals surface area contributed by atoms with Crippen molar-refractivity contribution in [2.45, 2.75) is 26.7 Å². The van der Waals surface area contributed by atoms with Gasteiger partial charge < -0.3 is 14.6 Å². The second-order valence-corrected chi connectivity index (χ2v) is 5.79. The summed E-state index contributed by atoms with van der Waals surface area (Å²) in [7, 11) is 0. The fourth-order valence-electron chi connectivity index (χ4n) is 2.91. The third kappa shape index (κ3) is 2.73. The Morgan fingerprint density at radius 3 is 2.44 bits per heavy atom. The first-order chi connectivity index (χ1) is 11.8. The van der Waals surface area contributed by atoms with E-state index in [2.05, 4.69) is 4.98 Å². The molecule has 0 aliphatic heterocycles. The van der Waals surface area contributed by atoms with Crippen molar-refractivity contribution in [2.75, 3.05) is 0 Å². The molecule has 0 aliphatic carbocycles. The molecule has 1 aromatic carbocycles. The van der Waals surface area contributed by atoms with Crippen molar-refractivity contribution in [2.24, 2.45) is 0 Å². The summed E-state index contributed by atoms with van der Waals surface area (Å²) in [6, 6.07) is 3.97. The van der Waals surface area contributed by atoms with Crippen LogP contribution in [0.15, 0.2) is 27.4 Å². The molecule has 0 fully saturated rings. The molecule has 0 spiro atoms. The Kier molecular flexibility index (Phi) is 4.00. The number of carboxylic acids is 2. The van der Waals surface area contributed by atoms with Gasteiger partial charge in [-0.25, -0.2) is 14.6 Å². The Morgan fingerprint density at radius 2 is 1.84 bits per heavy atom. The van der Waals surface area contributed by atoms with Gasteiger partial charge in [0.05, 0.1) is 10.9 Å². The van der Waals surface area contributed by atoms with Crippen LogP contribution in [0.5, 0.6) is 0 Å². The van der Waals surface area contributed by atoms with Crippen LogP contribution in [0.4, 0.5) is 0 Å². The molecule has 3 aromatic rings. The van der Waals surface area contributed by atoms with E-state index in [4.69, 9.17) is 9.52 Å². The van der Waals surface area contributed by atoms with E-state index in [1.807, 2.05) is 6.92 Å². The monoisotopic (exact) mass is 341 g/mol. The molecule has 0 radical (unpaired) electrons. The van der Waals surface area contributed by atoms with Crippen LogP contribution in [0.25, 0.3) is 21.9 Å². The number of nitrogens with zero attached hydrogens (tertiary/aromatic N) is 1. The van der Waals surface area contributed by atoms with E-state index in [9.17, 15) is 19.5 Å². The predicted molar refractivity (Wildman–Crippen MR) is 90.4 cm³/mol. The van der Waals surface area contributed by atoms with Crippen LogP contribution >= 0.6 is 0 Å². The van der Waals surface area contributed by atoms with Crippen molar-refractivity contribution < 1.29 is 24.2 Å². The van der Waals surface area contributed by atoms with Gasteiger partial charge in [0.25, 0.3) is 0 Å². The molecule has 2 N–H and O–H groups in total. The van der Waals surface area contributed by atoms with Crippen molar-refractivity contribution in [3.63, 3.8) is 0 Å². The number of hydrogen-bond acceptors (Lipinski definition) is 5. The number of rotatable bonds is 4. The molecule has 2 aromatic heterocycles. The van der Waals surface area contributed by atoms with Crippen LogP contribution in [-0.4, -0.2) is 27.1 Å². The zero-order valence-electron chi connectivity index (χ0n) is 13.6. The Labute approximate surface area is 141 Å². The van der Waals surface area contributed by atoms with E-state index in [0.29, 0.717) is 34.9 Å². The van der Waals surface area contributed by atoms with Crippen LogP contribution in [0.1, 0.15) is 45.5 Å². The highest BCUT2D eigenvalue weighted by molar-refractivity contribution is 6.01. The number of benzene rings is 1. The summed E-state index contributed by atoms with van der Waals surface area (Å²) in [5, 5.41) is 19.3. The van der Waals surface area contributed by atoms with E-state index in [1.54, 1.807) is 13.0 Å². The molecule has 3 rings (SSSR count). The van der Waals surface area contributed by atoms with Gasteiger partial charge in [0.15, 0.2) is 5.43 Å². The molecule has 0 unspecified atom stereocenters. The molecular formula is C18H15NO6. The standard InChI is InChI=1S/C18H15NO6/c1-3-4-9-15-10(8(2)5-12(19-15)17(21)22)6-11-13(20)7-14(18(23)24)25-16(9)11/h5-7H,3-4H2,1-2H3,(H,21,22)(H,23,24). The van der Waals surface area contributed by atoms with Crippen LogP contribution in [0.3, 0.4) is 0 Å². The molecule has 7 nitrogen and oxygen atoms in total. The maximum absolute atomic E-state index is 12.4. The second-order valence-electron chi connectivity index (χ2n) is 5.79. The Bertz CT molecular complexity index is 1100. The Morgan fingerprint density at radius 1 is 1.12 bits per heavy atom. The summed E-state index contributed by atoms with van der Waals surface area (Å²) < 4.78 is 5.45. The summed E-state index contributed by atoms with van der Waals surface area (Å²) in [5.74, 6) is -2.96. The van der Waals surface area contributed by atoms with Gasteiger partial charge in [0, 0.05) is 17.0 Å². The lowest BCUT2D eigenvalue weighted by atomic mass is 9.98. The average molecular weight is 341 g/mol. The van der Waals surface area contributed by atoms with Gasteiger partial charge in [-0.3, -0.25) is 4.79 Å². The molecular weight excluding hydrogens is 326 g/mol. The molecule has 0 amide bonds.